The second-order valence-corrected chi connectivity index (χ2v) is 3.51. The molecular weight excluding hydrogens is 182 g/mol. The van der Waals surface area contributed by atoms with Gasteiger partial charge in [0.2, 0.25) is 0 Å². The number of hydrogen-bond acceptors (Lipinski definition) is 3. The summed E-state index contributed by atoms with van der Waals surface area (Å²) in [5.41, 5.74) is -0.0907. The van der Waals surface area contributed by atoms with E-state index in [1.165, 1.54) is 12.4 Å². The van der Waals surface area contributed by atoms with Crippen molar-refractivity contribution < 1.29 is 9.90 Å². The number of amides is 1. The maximum absolute atomic E-state index is 11.6. The van der Waals surface area contributed by atoms with E-state index in [1.54, 1.807) is 6.92 Å². The second-order valence-electron chi connectivity index (χ2n) is 3.51. The Labute approximate surface area is 82.5 Å². The fourth-order valence-corrected chi connectivity index (χ4v) is 0.961. The lowest BCUT2D eigenvalue weighted by atomic mass is 10.00. The van der Waals surface area contributed by atoms with Crippen LogP contribution in [0.15, 0.2) is 12.4 Å². The Bertz CT molecular complexity index is 291. The maximum Gasteiger partial charge on any atom is 0.254 e. The molecule has 0 aromatic carbocycles. The van der Waals surface area contributed by atoms with Gasteiger partial charge in [0.05, 0.1) is 23.9 Å². The molecule has 1 amide bonds. The fraction of sp³-hybridized carbons (Fsp3) is 0.556. The zero-order valence-electron chi connectivity index (χ0n) is 8.37. The lowest BCUT2D eigenvalue weighted by molar-refractivity contribution is 0.0847. The number of H-pyrrole nitrogens is 1. The zero-order valence-corrected chi connectivity index (χ0v) is 8.37. The van der Waals surface area contributed by atoms with Gasteiger partial charge in [0.1, 0.15) is 0 Å². The van der Waals surface area contributed by atoms with Crippen LogP contribution in [0.1, 0.15) is 30.6 Å². The van der Waals surface area contributed by atoms with Gasteiger partial charge in [-0.2, -0.15) is 5.10 Å². The second kappa shape index (κ2) is 4.23. The smallest absolute Gasteiger partial charge is 0.254 e. The SMILES string of the molecule is CCC(C)(CO)NC(=O)c1cn[nH]c1. The molecular formula is C9H15N3O2. The molecule has 1 aromatic rings. The number of aliphatic hydroxyl groups is 1. The van der Waals surface area contributed by atoms with E-state index in [2.05, 4.69) is 15.5 Å². The van der Waals surface area contributed by atoms with Gasteiger partial charge < -0.3 is 10.4 Å². The summed E-state index contributed by atoms with van der Waals surface area (Å²) in [7, 11) is 0. The molecule has 0 saturated heterocycles. The summed E-state index contributed by atoms with van der Waals surface area (Å²) >= 11 is 0. The summed E-state index contributed by atoms with van der Waals surface area (Å²) in [5, 5.41) is 18.1. The Kier molecular flexibility index (Phi) is 3.24. The highest BCUT2D eigenvalue weighted by Gasteiger charge is 2.23. The van der Waals surface area contributed by atoms with Gasteiger partial charge in [0, 0.05) is 6.20 Å². The third kappa shape index (κ3) is 2.32. The van der Waals surface area contributed by atoms with E-state index in [0.717, 1.165) is 0 Å². The third-order valence-electron chi connectivity index (χ3n) is 2.31. The predicted molar refractivity (Wildman–Crippen MR) is 51.8 cm³/mol. The van der Waals surface area contributed by atoms with Crippen LogP contribution in [0, 0.1) is 0 Å². The topological polar surface area (TPSA) is 78.0 Å². The van der Waals surface area contributed by atoms with Crippen molar-refractivity contribution in [2.24, 2.45) is 0 Å². The van der Waals surface area contributed by atoms with Crippen molar-refractivity contribution in [1.82, 2.24) is 15.5 Å². The molecule has 0 aliphatic carbocycles. The molecule has 0 fully saturated rings. The van der Waals surface area contributed by atoms with Gasteiger partial charge in [-0.15, -0.1) is 0 Å². The number of aromatic nitrogens is 2. The molecule has 1 atom stereocenters. The highest BCUT2D eigenvalue weighted by atomic mass is 16.3. The summed E-state index contributed by atoms with van der Waals surface area (Å²) in [6.45, 7) is 3.63. The minimum atomic E-state index is -0.561. The third-order valence-corrected chi connectivity index (χ3v) is 2.31. The first-order chi connectivity index (χ1) is 6.61. The van der Waals surface area contributed by atoms with Gasteiger partial charge in [-0.1, -0.05) is 6.92 Å². The Morgan fingerprint density at radius 2 is 2.50 bits per heavy atom. The summed E-state index contributed by atoms with van der Waals surface area (Å²) in [5.74, 6) is -0.225. The Hall–Kier alpha value is -1.36. The lowest BCUT2D eigenvalue weighted by Gasteiger charge is -2.26. The number of rotatable bonds is 4. The molecule has 5 nitrogen and oxygen atoms in total. The number of carbonyl (C=O) groups excluding carboxylic acids is 1. The number of nitrogens with zero attached hydrogens (tertiary/aromatic N) is 1. The summed E-state index contributed by atoms with van der Waals surface area (Å²) in [6, 6.07) is 0. The molecule has 0 aliphatic rings. The average Bonchev–Trinajstić information content (AvgIpc) is 2.70. The van der Waals surface area contributed by atoms with E-state index in [4.69, 9.17) is 5.11 Å². The van der Waals surface area contributed by atoms with Crippen LogP contribution in [0.2, 0.25) is 0 Å². The molecule has 0 aliphatic heterocycles. The zero-order chi connectivity index (χ0) is 10.6. The minimum absolute atomic E-state index is 0.0763. The van der Waals surface area contributed by atoms with Crippen LogP contribution >= 0.6 is 0 Å². The molecule has 1 heterocycles. The van der Waals surface area contributed by atoms with E-state index >= 15 is 0 Å². The number of hydrogen-bond donors (Lipinski definition) is 3. The van der Waals surface area contributed by atoms with Gasteiger partial charge in [-0.25, -0.2) is 0 Å². The Morgan fingerprint density at radius 1 is 1.79 bits per heavy atom. The minimum Gasteiger partial charge on any atom is -0.394 e. The van der Waals surface area contributed by atoms with Gasteiger partial charge in [0.25, 0.3) is 5.91 Å². The first-order valence-corrected chi connectivity index (χ1v) is 4.53. The molecule has 0 radical (unpaired) electrons. The highest BCUT2D eigenvalue weighted by molar-refractivity contribution is 5.94. The Balaban J connectivity index is 2.65. The molecule has 1 aromatic heterocycles. The van der Waals surface area contributed by atoms with Crippen molar-refractivity contribution in [1.29, 1.82) is 0 Å². The van der Waals surface area contributed by atoms with E-state index in [9.17, 15) is 4.79 Å². The van der Waals surface area contributed by atoms with E-state index in [0.29, 0.717) is 12.0 Å². The van der Waals surface area contributed by atoms with Gasteiger partial charge in [-0.3, -0.25) is 9.89 Å². The normalized spacial score (nSPS) is 14.8. The summed E-state index contributed by atoms with van der Waals surface area (Å²) in [6.07, 6.45) is 3.64. The van der Waals surface area contributed by atoms with Crippen LogP contribution < -0.4 is 5.32 Å². The largest absolute Gasteiger partial charge is 0.394 e. The molecule has 3 N–H and O–H groups in total. The molecule has 14 heavy (non-hydrogen) atoms. The van der Waals surface area contributed by atoms with Crippen LogP contribution in [0.3, 0.4) is 0 Å². The fourth-order valence-electron chi connectivity index (χ4n) is 0.961. The van der Waals surface area contributed by atoms with Gasteiger partial charge >= 0.3 is 0 Å². The van der Waals surface area contributed by atoms with Gasteiger partial charge in [0.15, 0.2) is 0 Å². The maximum atomic E-state index is 11.6. The van der Waals surface area contributed by atoms with E-state index in [-0.39, 0.29) is 12.5 Å². The summed E-state index contributed by atoms with van der Waals surface area (Å²) < 4.78 is 0. The van der Waals surface area contributed by atoms with Crippen molar-refractivity contribution in [2.45, 2.75) is 25.8 Å². The van der Waals surface area contributed by atoms with Crippen LogP contribution in [-0.2, 0) is 0 Å². The first-order valence-electron chi connectivity index (χ1n) is 4.53. The molecule has 5 heteroatoms. The summed E-state index contributed by atoms with van der Waals surface area (Å²) in [4.78, 5) is 11.6. The molecule has 78 valence electrons. The monoisotopic (exact) mass is 197 g/mol. The van der Waals surface area contributed by atoms with Crippen molar-refractivity contribution in [3.63, 3.8) is 0 Å². The first kappa shape index (κ1) is 10.7. The molecule has 1 unspecified atom stereocenters. The van der Waals surface area contributed by atoms with Crippen LogP contribution in [0.4, 0.5) is 0 Å². The molecule has 0 spiro atoms. The quantitative estimate of drug-likeness (QED) is 0.649. The number of nitrogens with one attached hydrogen (secondary N) is 2. The van der Waals surface area contributed by atoms with Crippen molar-refractivity contribution in [3.8, 4) is 0 Å². The van der Waals surface area contributed by atoms with Crippen molar-refractivity contribution in [2.75, 3.05) is 6.61 Å². The highest BCUT2D eigenvalue weighted by Crippen LogP contribution is 2.08. The molecule has 0 bridgehead atoms. The Morgan fingerprint density at radius 3 is 2.93 bits per heavy atom. The number of aliphatic hydroxyl groups excluding tert-OH is 1. The molecule has 1 rings (SSSR count). The van der Waals surface area contributed by atoms with Crippen LogP contribution in [0.5, 0.6) is 0 Å². The lowest BCUT2D eigenvalue weighted by Crippen LogP contribution is -2.48. The van der Waals surface area contributed by atoms with Crippen LogP contribution in [-0.4, -0.2) is 33.4 Å². The van der Waals surface area contributed by atoms with E-state index in [1.807, 2.05) is 6.92 Å². The molecule has 0 saturated carbocycles. The predicted octanol–water partition coefficient (Wildman–Crippen LogP) is 0.300. The standard InChI is InChI=1S/C9H15N3O2/c1-3-9(2,6-13)12-8(14)7-4-10-11-5-7/h4-5,13H,3,6H2,1-2H3,(H,10,11)(H,12,14). The van der Waals surface area contributed by atoms with Crippen molar-refractivity contribution in [3.05, 3.63) is 18.0 Å². The number of carbonyl (C=O) groups is 1. The van der Waals surface area contributed by atoms with Crippen LogP contribution in [0.25, 0.3) is 0 Å². The average molecular weight is 197 g/mol. The van der Waals surface area contributed by atoms with Gasteiger partial charge in [-0.05, 0) is 13.3 Å². The van der Waals surface area contributed by atoms with E-state index < -0.39 is 5.54 Å². The van der Waals surface area contributed by atoms with Crippen molar-refractivity contribution >= 4 is 5.91 Å². The number of aromatic amines is 1.